The number of aromatic nitrogens is 2. The number of thiocarbonyl (C=S) groups is 1. The van der Waals surface area contributed by atoms with Gasteiger partial charge in [0.2, 0.25) is 0 Å². The number of halogens is 3. The summed E-state index contributed by atoms with van der Waals surface area (Å²) >= 11 is 5.31. The fraction of sp³-hybridized carbons (Fsp3) is 0.400. The number of nitrogens with zero attached hydrogens (tertiary/aromatic N) is 4. The number of aryl methyl sites for hydroxylation is 1. The van der Waals surface area contributed by atoms with Gasteiger partial charge in [-0.05, 0) is 44.1 Å². The average molecular weight is 469 g/mol. The molecule has 1 saturated heterocycles. The minimum absolute atomic E-state index is 0.155. The molecule has 2 aromatic rings. The zero-order chi connectivity index (χ0) is 23.6. The van der Waals surface area contributed by atoms with E-state index >= 15 is 0 Å². The Morgan fingerprint density at radius 2 is 1.84 bits per heavy atom. The first-order chi connectivity index (χ1) is 15.0. The molecule has 1 aliphatic rings. The summed E-state index contributed by atoms with van der Waals surface area (Å²) < 4.78 is 39.8. The Morgan fingerprint density at radius 3 is 2.38 bits per heavy atom. The topological polar surface area (TPSA) is 103 Å². The van der Waals surface area contributed by atoms with Gasteiger partial charge in [0.05, 0.1) is 17.2 Å². The molecule has 1 fully saturated rings. The van der Waals surface area contributed by atoms with Gasteiger partial charge >= 0.3 is 12.1 Å². The van der Waals surface area contributed by atoms with E-state index < -0.39 is 17.7 Å². The lowest BCUT2D eigenvalue weighted by Gasteiger charge is -2.31. The van der Waals surface area contributed by atoms with E-state index in [9.17, 15) is 23.1 Å². The molecule has 0 bridgehead atoms. The summed E-state index contributed by atoms with van der Waals surface area (Å²) in [7, 11) is 1.56. The molecule has 32 heavy (non-hydrogen) atoms. The van der Waals surface area contributed by atoms with E-state index in [0.29, 0.717) is 42.3 Å². The molecule has 2 heterocycles. The van der Waals surface area contributed by atoms with Crippen LogP contribution in [0.3, 0.4) is 0 Å². The molecule has 0 amide bonds. The van der Waals surface area contributed by atoms with Gasteiger partial charge in [0.15, 0.2) is 16.6 Å². The van der Waals surface area contributed by atoms with Gasteiger partial charge in [0.1, 0.15) is 5.69 Å². The van der Waals surface area contributed by atoms with Crippen LogP contribution in [0, 0.1) is 5.92 Å². The summed E-state index contributed by atoms with van der Waals surface area (Å²) in [6.45, 7) is 2.58. The third-order valence-corrected chi connectivity index (χ3v) is 5.65. The molecule has 1 aromatic heterocycles. The van der Waals surface area contributed by atoms with Crippen LogP contribution in [0.25, 0.3) is 11.3 Å². The second-order valence-corrected chi connectivity index (χ2v) is 7.84. The van der Waals surface area contributed by atoms with E-state index in [1.54, 1.807) is 14.0 Å². The number of carboxylic acid groups (broad SMARTS) is 1. The van der Waals surface area contributed by atoms with Crippen molar-refractivity contribution < 1.29 is 28.2 Å². The number of likely N-dealkylation sites (tertiary alicyclic amines) is 1. The lowest BCUT2D eigenvalue weighted by molar-refractivity contribution is -0.143. The third-order valence-electron chi connectivity index (χ3n) is 5.30. The van der Waals surface area contributed by atoms with E-state index in [-0.39, 0.29) is 23.1 Å². The Balaban J connectivity index is 1.72. The number of aliphatic carboxylic acids is 1. The highest BCUT2D eigenvalue weighted by Crippen LogP contribution is 2.35. The van der Waals surface area contributed by atoms with Crippen molar-refractivity contribution in [3.63, 3.8) is 0 Å². The van der Waals surface area contributed by atoms with Crippen molar-refractivity contribution in [2.45, 2.75) is 25.9 Å². The van der Waals surface area contributed by atoms with E-state index in [1.165, 1.54) is 16.8 Å². The maximum atomic E-state index is 12.8. The average Bonchev–Trinajstić information content (AvgIpc) is 3.05. The van der Waals surface area contributed by atoms with Crippen molar-refractivity contribution in [1.82, 2.24) is 20.1 Å². The normalized spacial score (nSPS) is 15.7. The van der Waals surface area contributed by atoms with Gasteiger partial charge in [-0.15, -0.1) is 0 Å². The van der Waals surface area contributed by atoms with Crippen LogP contribution in [-0.4, -0.2) is 54.8 Å². The van der Waals surface area contributed by atoms with Gasteiger partial charge < -0.3 is 15.1 Å². The van der Waals surface area contributed by atoms with Crippen LogP contribution in [-0.2, 0) is 18.0 Å². The summed E-state index contributed by atoms with van der Waals surface area (Å²) in [6.07, 6.45) is -3.48. The molecular formula is C20H22F3N5O3S. The molecule has 0 unspecified atom stereocenters. The highest BCUT2D eigenvalue weighted by molar-refractivity contribution is 7.80. The predicted octanol–water partition coefficient (Wildman–Crippen LogP) is 3.21. The summed E-state index contributed by atoms with van der Waals surface area (Å²) in [4.78, 5) is 12.9. The van der Waals surface area contributed by atoms with Crippen molar-refractivity contribution in [2.75, 3.05) is 13.1 Å². The number of benzene rings is 1. The van der Waals surface area contributed by atoms with E-state index in [2.05, 4.69) is 15.6 Å². The number of piperidine rings is 1. The number of hydrogen-bond donors (Lipinski definition) is 3. The van der Waals surface area contributed by atoms with Gasteiger partial charge in [0, 0.05) is 25.7 Å². The summed E-state index contributed by atoms with van der Waals surface area (Å²) in [5.74, 6) is -1.41. The van der Waals surface area contributed by atoms with Crippen LogP contribution in [0.15, 0.2) is 29.4 Å². The molecule has 8 nitrogen and oxygen atoms in total. The smallest absolute Gasteiger partial charge is 0.416 e. The van der Waals surface area contributed by atoms with Crippen LogP contribution in [0.2, 0.25) is 0 Å². The zero-order valence-corrected chi connectivity index (χ0v) is 18.2. The monoisotopic (exact) mass is 469 g/mol. The number of alkyl halides is 3. The van der Waals surface area contributed by atoms with Gasteiger partial charge in [-0.3, -0.25) is 14.9 Å². The number of hydrogen-bond acceptors (Lipinski definition) is 5. The Kier molecular flexibility index (Phi) is 6.72. The fourth-order valence-corrected chi connectivity index (χ4v) is 3.71. The van der Waals surface area contributed by atoms with Crippen molar-refractivity contribution in [1.29, 1.82) is 0 Å². The quantitative estimate of drug-likeness (QED) is 0.359. The van der Waals surface area contributed by atoms with Crippen LogP contribution < -0.4 is 5.43 Å². The molecule has 1 aromatic carbocycles. The standard InChI is InChI=1S/C20H22F3N5O3S/c1-11(24-25-19(32)28-9-7-13(8-10-28)18(30)31)15-17(29)16(27(2)26-15)12-3-5-14(6-4-12)20(21,22)23/h3-6,13,29H,7-10H2,1-2H3,(H,25,32)(H,30,31)/b24-11+. The van der Waals surface area contributed by atoms with Crippen LogP contribution in [0.4, 0.5) is 13.2 Å². The molecule has 0 spiro atoms. The zero-order valence-electron chi connectivity index (χ0n) is 17.3. The van der Waals surface area contributed by atoms with Gasteiger partial charge in [-0.2, -0.15) is 23.4 Å². The molecular weight excluding hydrogens is 447 g/mol. The SMILES string of the molecule is C/C(=N\NC(=S)N1CCC(C(=O)O)CC1)c1nn(C)c(-c2ccc(C(F)(F)F)cc2)c1O. The van der Waals surface area contributed by atoms with Crippen LogP contribution in [0.1, 0.15) is 31.0 Å². The fourth-order valence-electron chi connectivity index (χ4n) is 3.48. The maximum absolute atomic E-state index is 12.8. The summed E-state index contributed by atoms with van der Waals surface area (Å²) in [5, 5.41) is 28.4. The first-order valence-electron chi connectivity index (χ1n) is 9.75. The molecule has 3 rings (SSSR count). The lowest BCUT2D eigenvalue weighted by Crippen LogP contribution is -2.44. The lowest BCUT2D eigenvalue weighted by atomic mass is 9.97. The number of nitrogens with one attached hydrogen (secondary N) is 1. The molecule has 3 N–H and O–H groups in total. The highest BCUT2D eigenvalue weighted by atomic mass is 32.1. The first kappa shape index (κ1) is 23.5. The Labute approximate surface area is 187 Å². The van der Waals surface area contributed by atoms with Crippen molar-refractivity contribution in [2.24, 2.45) is 18.1 Å². The Bertz CT molecular complexity index is 1040. The molecule has 1 aliphatic heterocycles. The minimum atomic E-state index is -4.45. The predicted molar refractivity (Wildman–Crippen MR) is 115 cm³/mol. The molecule has 12 heteroatoms. The Hall–Kier alpha value is -3.15. The Morgan fingerprint density at radius 1 is 1.25 bits per heavy atom. The number of aromatic hydroxyl groups is 1. The van der Waals surface area contributed by atoms with Crippen molar-refractivity contribution in [3.8, 4) is 17.0 Å². The molecule has 172 valence electrons. The largest absolute Gasteiger partial charge is 0.504 e. The van der Waals surface area contributed by atoms with Crippen molar-refractivity contribution >= 4 is 29.0 Å². The highest BCUT2D eigenvalue weighted by Gasteiger charge is 2.30. The summed E-state index contributed by atoms with van der Waals surface area (Å²) in [5.41, 5.74) is 3.04. The van der Waals surface area contributed by atoms with E-state index in [1.807, 2.05) is 4.90 Å². The summed E-state index contributed by atoms with van der Waals surface area (Å²) in [6, 6.07) is 4.42. The van der Waals surface area contributed by atoms with Crippen molar-refractivity contribution in [3.05, 3.63) is 35.5 Å². The second-order valence-electron chi connectivity index (χ2n) is 7.46. The maximum Gasteiger partial charge on any atom is 0.416 e. The van der Waals surface area contributed by atoms with Gasteiger partial charge in [-0.1, -0.05) is 12.1 Å². The molecule has 0 saturated carbocycles. The van der Waals surface area contributed by atoms with E-state index in [4.69, 9.17) is 17.3 Å². The number of carbonyl (C=O) groups is 1. The number of carboxylic acids is 1. The minimum Gasteiger partial charge on any atom is -0.504 e. The first-order valence-corrected chi connectivity index (χ1v) is 10.2. The molecule has 0 radical (unpaired) electrons. The second kappa shape index (κ2) is 9.15. The van der Waals surface area contributed by atoms with E-state index in [0.717, 1.165) is 12.1 Å². The van der Waals surface area contributed by atoms with Crippen LogP contribution in [0.5, 0.6) is 5.75 Å². The number of hydrazone groups is 1. The van der Waals surface area contributed by atoms with Crippen LogP contribution >= 0.6 is 12.2 Å². The third kappa shape index (κ3) is 5.01. The number of rotatable bonds is 4. The molecule has 0 atom stereocenters. The molecule has 0 aliphatic carbocycles. The van der Waals surface area contributed by atoms with Gasteiger partial charge in [0.25, 0.3) is 0 Å². The van der Waals surface area contributed by atoms with Gasteiger partial charge in [-0.25, -0.2) is 0 Å².